The van der Waals surface area contributed by atoms with Crippen molar-refractivity contribution >= 4 is 34.9 Å². The molecule has 1 spiro atoms. The van der Waals surface area contributed by atoms with Crippen LogP contribution in [0.15, 0.2) is 70.6 Å². The van der Waals surface area contributed by atoms with E-state index in [1.807, 2.05) is 0 Å². The Balaban J connectivity index is 1.08. The van der Waals surface area contributed by atoms with E-state index in [-0.39, 0.29) is 39.5 Å². The molecule has 6 N–H and O–H groups in total. The molecule has 0 aromatic heterocycles. The molecule has 0 saturated heterocycles. The first kappa shape index (κ1) is 32.7. The molecule has 1 unspecified atom stereocenters. The van der Waals surface area contributed by atoms with Gasteiger partial charge in [-0.05, 0) is 89.8 Å². The van der Waals surface area contributed by atoms with Crippen LogP contribution in [0.2, 0.25) is 0 Å². The molecular weight excluding hydrogens is 614 g/mol. The quantitative estimate of drug-likeness (QED) is 0.0754. The molecule has 49 heavy (non-hydrogen) atoms. The third-order valence-electron chi connectivity index (χ3n) is 11.4. The Morgan fingerprint density at radius 3 is 2.16 bits per heavy atom. The van der Waals surface area contributed by atoms with Crippen LogP contribution in [0.1, 0.15) is 79.2 Å². The Morgan fingerprint density at radius 1 is 0.714 bits per heavy atom. The second-order valence-corrected chi connectivity index (χ2v) is 14.1. The molecule has 2 aliphatic carbocycles. The van der Waals surface area contributed by atoms with E-state index in [4.69, 9.17) is 4.99 Å². The summed E-state index contributed by atoms with van der Waals surface area (Å²) >= 11 is 0. The van der Waals surface area contributed by atoms with Crippen molar-refractivity contribution in [2.75, 3.05) is 13.2 Å². The molecular formula is C41H45N3O5. The fourth-order valence-corrected chi connectivity index (χ4v) is 8.85. The van der Waals surface area contributed by atoms with Crippen LogP contribution in [0.3, 0.4) is 0 Å². The number of phenolic OH excluding ortho intramolecular Hbond substituents is 5. The van der Waals surface area contributed by atoms with Gasteiger partial charge in [-0.25, -0.2) is 0 Å². The molecule has 4 aromatic carbocycles. The highest BCUT2D eigenvalue weighted by Gasteiger charge is 2.55. The van der Waals surface area contributed by atoms with Gasteiger partial charge in [-0.1, -0.05) is 80.3 Å². The zero-order valence-electron chi connectivity index (χ0n) is 27.8. The van der Waals surface area contributed by atoms with Crippen molar-refractivity contribution in [1.82, 2.24) is 5.32 Å². The van der Waals surface area contributed by atoms with E-state index in [0.717, 1.165) is 18.7 Å². The van der Waals surface area contributed by atoms with Crippen molar-refractivity contribution in [3.05, 3.63) is 88.5 Å². The molecule has 0 bridgehead atoms. The van der Waals surface area contributed by atoms with Crippen LogP contribution in [0.25, 0.3) is 22.9 Å². The minimum Gasteiger partial charge on any atom is -0.507 e. The molecule has 3 aliphatic rings. The zero-order valence-corrected chi connectivity index (χ0v) is 27.8. The Kier molecular flexibility index (Phi) is 9.07. The first-order chi connectivity index (χ1) is 23.8. The number of aliphatic imine (C=N–C) groups is 2. The first-order valence-electron chi connectivity index (χ1n) is 17.5. The minimum absolute atomic E-state index is 0.0563. The van der Waals surface area contributed by atoms with Crippen LogP contribution in [0.4, 0.5) is 0 Å². The molecule has 254 valence electrons. The number of hydrogen-bond acceptors (Lipinski definition) is 8. The Bertz CT molecular complexity index is 1940. The highest BCUT2D eigenvalue weighted by molar-refractivity contribution is 6.34. The number of phenols is 5. The van der Waals surface area contributed by atoms with Gasteiger partial charge in [0.05, 0.1) is 11.1 Å². The largest absolute Gasteiger partial charge is 0.507 e. The molecule has 0 amide bonds. The van der Waals surface area contributed by atoms with Crippen molar-refractivity contribution in [1.29, 1.82) is 0 Å². The number of nitrogens with zero attached hydrogens (tertiary/aromatic N) is 2. The predicted molar refractivity (Wildman–Crippen MR) is 196 cm³/mol. The second-order valence-electron chi connectivity index (χ2n) is 14.1. The van der Waals surface area contributed by atoms with Crippen LogP contribution in [-0.2, 0) is 19.4 Å². The number of nitrogens with one attached hydrogen (secondary N) is 1. The lowest BCUT2D eigenvalue weighted by Crippen LogP contribution is -2.54. The average molecular weight is 660 g/mol. The maximum Gasteiger partial charge on any atom is 0.169 e. The van der Waals surface area contributed by atoms with Crippen LogP contribution >= 0.6 is 0 Å². The second kappa shape index (κ2) is 13.6. The van der Waals surface area contributed by atoms with Crippen LogP contribution in [-0.4, -0.2) is 50.7 Å². The van der Waals surface area contributed by atoms with Crippen molar-refractivity contribution < 1.29 is 25.5 Å². The molecule has 0 radical (unpaired) electrons. The third kappa shape index (κ3) is 6.14. The monoisotopic (exact) mass is 659 g/mol. The maximum atomic E-state index is 11.2. The summed E-state index contributed by atoms with van der Waals surface area (Å²) in [5.41, 5.74) is 5.76. The van der Waals surface area contributed by atoms with Gasteiger partial charge < -0.3 is 30.8 Å². The summed E-state index contributed by atoms with van der Waals surface area (Å²) in [5, 5.41) is 57.0. The van der Waals surface area contributed by atoms with Gasteiger partial charge in [0.2, 0.25) is 0 Å². The first-order valence-corrected chi connectivity index (χ1v) is 17.5. The van der Waals surface area contributed by atoms with Gasteiger partial charge >= 0.3 is 0 Å². The SMILES string of the molecule is Oc1ccc(C=Cc2c(CCc3ccc(CNCC4(C5=NCN=C5)CCCCC45CCCC5)cc3)c(O)c(O)c3c(O)cccc23)cc1O. The van der Waals surface area contributed by atoms with Crippen molar-refractivity contribution in [2.45, 2.75) is 70.8 Å². The Labute approximate surface area is 287 Å². The Hall–Kier alpha value is -4.82. The molecule has 1 aliphatic heterocycles. The minimum atomic E-state index is -0.353. The summed E-state index contributed by atoms with van der Waals surface area (Å²) in [6.45, 7) is 2.25. The smallest absolute Gasteiger partial charge is 0.169 e. The van der Waals surface area contributed by atoms with E-state index in [1.165, 1.54) is 80.8 Å². The standard InChI is InChI=1S/C41H45N3O5/c45-33-17-14-28(22-35(33)47)13-15-30-31-6-5-7-34(46)37(31)39(49)38(48)32(30)16-12-27-8-10-29(11-9-27)23-42-25-41(36-24-43-26-44-36)21-4-3-20-40(41)18-1-2-19-40/h5-11,13-15,17,22,24,42,45-49H,1-4,12,16,18-21,23,25-26H2. The molecule has 1 heterocycles. The topological polar surface area (TPSA) is 138 Å². The molecule has 1 atom stereocenters. The number of benzene rings is 4. The lowest BCUT2D eigenvalue weighted by molar-refractivity contribution is 0.0507. The third-order valence-corrected chi connectivity index (χ3v) is 11.4. The van der Waals surface area contributed by atoms with E-state index in [9.17, 15) is 25.5 Å². The summed E-state index contributed by atoms with van der Waals surface area (Å²) in [6.07, 6.45) is 16.9. The summed E-state index contributed by atoms with van der Waals surface area (Å²) in [5.74, 6) is -1.20. The fraction of sp³-hybridized carbons (Fsp3) is 0.366. The van der Waals surface area contributed by atoms with Crippen molar-refractivity contribution in [3.63, 3.8) is 0 Å². The van der Waals surface area contributed by atoms with Gasteiger partial charge in [-0.15, -0.1) is 0 Å². The lowest BCUT2D eigenvalue weighted by atomic mass is 9.53. The van der Waals surface area contributed by atoms with E-state index in [0.29, 0.717) is 47.0 Å². The highest BCUT2D eigenvalue weighted by Crippen LogP contribution is 2.60. The number of rotatable bonds is 10. The summed E-state index contributed by atoms with van der Waals surface area (Å²) in [7, 11) is 0. The van der Waals surface area contributed by atoms with E-state index in [2.05, 4.69) is 40.8 Å². The van der Waals surface area contributed by atoms with E-state index >= 15 is 0 Å². The fourth-order valence-electron chi connectivity index (χ4n) is 8.85. The number of aryl methyl sites for hydroxylation is 1. The molecule has 2 fully saturated rings. The number of aromatic hydroxyl groups is 5. The molecule has 4 aromatic rings. The van der Waals surface area contributed by atoms with Gasteiger partial charge in [-0.3, -0.25) is 9.98 Å². The van der Waals surface area contributed by atoms with Crippen LogP contribution in [0, 0.1) is 10.8 Å². The molecule has 8 heteroatoms. The van der Waals surface area contributed by atoms with Crippen molar-refractivity contribution in [2.24, 2.45) is 20.8 Å². The zero-order chi connectivity index (χ0) is 34.0. The lowest BCUT2D eigenvalue weighted by Gasteiger charge is -2.52. The van der Waals surface area contributed by atoms with Gasteiger partial charge in [0, 0.05) is 30.3 Å². The van der Waals surface area contributed by atoms with E-state index in [1.54, 1.807) is 30.4 Å². The van der Waals surface area contributed by atoms with Gasteiger partial charge in [-0.2, -0.15) is 0 Å². The van der Waals surface area contributed by atoms with Gasteiger partial charge in [0.15, 0.2) is 23.0 Å². The number of fused-ring (bicyclic) bond motifs is 1. The van der Waals surface area contributed by atoms with E-state index < -0.39 is 0 Å². The Morgan fingerprint density at radius 2 is 1.45 bits per heavy atom. The average Bonchev–Trinajstić information content (AvgIpc) is 3.83. The number of hydrogen-bond donors (Lipinski definition) is 6. The van der Waals surface area contributed by atoms with Gasteiger partial charge in [0.1, 0.15) is 12.4 Å². The molecule has 2 saturated carbocycles. The summed E-state index contributed by atoms with van der Waals surface area (Å²) in [6, 6.07) is 18.1. The molecule has 8 nitrogen and oxygen atoms in total. The summed E-state index contributed by atoms with van der Waals surface area (Å²) in [4.78, 5) is 9.39. The normalized spacial score (nSPS) is 20.1. The van der Waals surface area contributed by atoms with Gasteiger partial charge in [0.25, 0.3) is 0 Å². The maximum absolute atomic E-state index is 11.2. The van der Waals surface area contributed by atoms with Crippen LogP contribution in [0.5, 0.6) is 28.7 Å². The molecule has 7 rings (SSSR count). The summed E-state index contributed by atoms with van der Waals surface area (Å²) < 4.78 is 0. The van der Waals surface area contributed by atoms with Crippen LogP contribution < -0.4 is 5.32 Å². The van der Waals surface area contributed by atoms with Crippen molar-refractivity contribution in [3.8, 4) is 28.7 Å². The highest BCUT2D eigenvalue weighted by atomic mass is 16.3. The predicted octanol–water partition coefficient (Wildman–Crippen LogP) is 8.02.